The van der Waals surface area contributed by atoms with Crippen LogP contribution in [0.25, 0.3) is 0 Å². The first kappa shape index (κ1) is 18.4. The lowest BCUT2D eigenvalue weighted by Crippen LogP contribution is -2.64. The minimum Gasteiger partial charge on any atom is -0.323 e. The molecule has 1 N–H and O–H groups in total. The number of halogens is 1. The maximum Gasteiger partial charge on any atom is 0.321 e. The number of urea groups is 1. The summed E-state index contributed by atoms with van der Waals surface area (Å²) in [6, 6.07) is 15.2. The molecule has 7 heteroatoms. The summed E-state index contributed by atoms with van der Waals surface area (Å²) in [4.78, 5) is 30.9. The zero-order valence-corrected chi connectivity index (χ0v) is 15.8. The van der Waals surface area contributed by atoms with Crippen molar-refractivity contribution in [1.29, 1.82) is 0 Å². The highest BCUT2D eigenvalue weighted by Crippen LogP contribution is 2.33. The molecule has 2 aromatic carbocycles. The van der Waals surface area contributed by atoms with Gasteiger partial charge in [0.15, 0.2) is 0 Å². The van der Waals surface area contributed by atoms with Crippen LogP contribution in [0.2, 0.25) is 0 Å². The maximum atomic E-state index is 13.4. The van der Waals surface area contributed by atoms with Crippen molar-refractivity contribution in [2.24, 2.45) is 0 Å². The Hall–Kier alpha value is -2.93. The largest absolute Gasteiger partial charge is 0.323 e. The monoisotopic (exact) mass is 382 g/mol. The van der Waals surface area contributed by atoms with E-state index in [-0.39, 0.29) is 23.3 Å². The Labute approximate surface area is 163 Å². The molecule has 2 fully saturated rings. The van der Waals surface area contributed by atoms with Crippen molar-refractivity contribution in [1.82, 2.24) is 9.80 Å². The molecule has 2 aliphatic heterocycles. The normalized spacial score (nSPS) is 22.7. The van der Waals surface area contributed by atoms with Gasteiger partial charge in [0.1, 0.15) is 5.82 Å². The molecule has 0 saturated carbocycles. The van der Waals surface area contributed by atoms with Crippen LogP contribution in [0, 0.1) is 5.82 Å². The lowest BCUT2D eigenvalue weighted by molar-refractivity contribution is -0.123. The van der Waals surface area contributed by atoms with Crippen LogP contribution in [0.1, 0.15) is 6.42 Å². The summed E-state index contributed by atoms with van der Waals surface area (Å²) in [5.74, 6) is -0.332. The smallest absolute Gasteiger partial charge is 0.321 e. The van der Waals surface area contributed by atoms with Gasteiger partial charge in [-0.15, -0.1) is 0 Å². The van der Waals surface area contributed by atoms with Gasteiger partial charge in [-0.1, -0.05) is 24.3 Å². The van der Waals surface area contributed by atoms with Gasteiger partial charge in [0, 0.05) is 31.0 Å². The van der Waals surface area contributed by atoms with E-state index in [1.54, 1.807) is 17.0 Å². The molecule has 6 nitrogen and oxygen atoms in total. The number of carbonyl (C=O) groups is 2. The second-order valence-corrected chi connectivity index (χ2v) is 7.51. The average Bonchev–Trinajstić information content (AvgIpc) is 3.11. The third kappa shape index (κ3) is 3.45. The molecule has 0 aromatic heterocycles. The van der Waals surface area contributed by atoms with Crippen LogP contribution in [0.5, 0.6) is 0 Å². The number of nitrogens with one attached hydrogen (secondary N) is 1. The van der Waals surface area contributed by atoms with Gasteiger partial charge in [-0.05, 0) is 43.8 Å². The number of piperazine rings is 1. The number of nitrogens with zero attached hydrogens (tertiary/aromatic N) is 3. The number of likely N-dealkylation sites (N-methyl/N-ethyl adjacent to an activating group) is 1. The van der Waals surface area contributed by atoms with Crippen molar-refractivity contribution in [3.05, 3.63) is 60.4 Å². The van der Waals surface area contributed by atoms with Gasteiger partial charge in [0.05, 0.1) is 12.1 Å². The number of likely N-dealkylation sites (tertiary alicyclic amines) is 1. The molecule has 28 heavy (non-hydrogen) atoms. The van der Waals surface area contributed by atoms with E-state index in [1.165, 1.54) is 12.1 Å². The van der Waals surface area contributed by atoms with E-state index in [4.69, 9.17) is 0 Å². The number of rotatable bonds is 2. The highest BCUT2D eigenvalue weighted by atomic mass is 19.1. The molecular formula is C21H23FN4O2. The highest BCUT2D eigenvalue weighted by Gasteiger charge is 2.48. The minimum atomic E-state index is -0.389. The van der Waals surface area contributed by atoms with Crippen LogP contribution in [-0.2, 0) is 4.79 Å². The lowest BCUT2D eigenvalue weighted by atomic mass is 9.92. The summed E-state index contributed by atoms with van der Waals surface area (Å²) in [5, 5.41) is 2.76. The number of hydrogen-bond acceptors (Lipinski definition) is 3. The number of hydrogen-bond donors (Lipinski definition) is 1. The minimum absolute atomic E-state index is 0.0574. The van der Waals surface area contributed by atoms with Gasteiger partial charge in [0.2, 0.25) is 5.91 Å². The first-order valence-electron chi connectivity index (χ1n) is 9.35. The molecule has 2 heterocycles. The summed E-state index contributed by atoms with van der Waals surface area (Å²) in [6.45, 7) is 1.95. The van der Waals surface area contributed by atoms with E-state index in [1.807, 2.05) is 42.3 Å². The fourth-order valence-electron chi connectivity index (χ4n) is 4.04. The van der Waals surface area contributed by atoms with E-state index < -0.39 is 0 Å². The second-order valence-electron chi connectivity index (χ2n) is 7.51. The zero-order chi connectivity index (χ0) is 19.7. The molecule has 1 spiro atoms. The van der Waals surface area contributed by atoms with Crippen LogP contribution in [-0.4, -0.2) is 60.5 Å². The first-order chi connectivity index (χ1) is 13.5. The Morgan fingerprint density at radius 3 is 2.64 bits per heavy atom. The Kier molecular flexibility index (Phi) is 4.77. The lowest BCUT2D eigenvalue weighted by Gasteiger charge is -2.46. The van der Waals surface area contributed by atoms with Crippen molar-refractivity contribution in [2.75, 3.05) is 43.4 Å². The van der Waals surface area contributed by atoms with Gasteiger partial charge in [-0.25, -0.2) is 9.18 Å². The number of anilines is 2. The third-order valence-electron chi connectivity index (χ3n) is 5.70. The summed E-state index contributed by atoms with van der Waals surface area (Å²) in [7, 11) is 1.94. The molecule has 2 saturated heterocycles. The molecule has 0 radical (unpaired) electrons. The van der Waals surface area contributed by atoms with Crippen LogP contribution in [0.15, 0.2) is 54.6 Å². The third-order valence-corrected chi connectivity index (χ3v) is 5.70. The SMILES string of the molecule is CN1CC(=O)N(c2ccccc2)CC12CCN(C(=O)Nc1cccc(F)c1)C2. The van der Waals surface area contributed by atoms with E-state index in [2.05, 4.69) is 10.2 Å². The Balaban J connectivity index is 1.49. The van der Waals surface area contributed by atoms with Gasteiger partial charge < -0.3 is 15.1 Å². The zero-order valence-electron chi connectivity index (χ0n) is 15.8. The molecule has 2 aromatic rings. The molecule has 3 amide bonds. The number of para-hydroxylation sites is 1. The Morgan fingerprint density at radius 1 is 1.11 bits per heavy atom. The van der Waals surface area contributed by atoms with E-state index >= 15 is 0 Å². The van der Waals surface area contributed by atoms with Crippen LogP contribution >= 0.6 is 0 Å². The molecule has 0 bridgehead atoms. The van der Waals surface area contributed by atoms with Crippen molar-refractivity contribution < 1.29 is 14.0 Å². The fraction of sp³-hybridized carbons (Fsp3) is 0.333. The quantitative estimate of drug-likeness (QED) is 0.869. The van der Waals surface area contributed by atoms with E-state index in [0.29, 0.717) is 31.9 Å². The van der Waals surface area contributed by atoms with Gasteiger partial charge in [-0.2, -0.15) is 0 Å². The Bertz CT molecular complexity index is 891. The van der Waals surface area contributed by atoms with E-state index in [9.17, 15) is 14.0 Å². The van der Waals surface area contributed by atoms with Gasteiger partial charge in [0.25, 0.3) is 0 Å². The molecule has 4 rings (SSSR count). The Morgan fingerprint density at radius 2 is 1.89 bits per heavy atom. The summed E-state index contributed by atoms with van der Waals surface area (Å²) in [6.07, 6.45) is 0.774. The average molecular weight is 382 g/mol. The number of amides is 3. The second kappa shape index (κ2) is 7.24. The van der Waals surface area contributed by atoms with Crippen LogP contribution in [0.3, 0.4) is 0 Å². The molecule has 1 unspecified atom stereocenters. The predicted octanol–water partition coefficient (Wildman–Crippen LogP) is 2.78. The van der Waals surface area contributed by atoms with Crippen molar-refractivity contribution >= 4 is 23.3 Å². The highest BCUT2D eigenvalue weighted by molar-refractivity contribution is 5.96. The fourth-order valence-corrected chi connectivity index (χ4v) is 4.04. The summed E-state index contributed by atoms with van der Waals surface area (Å²) >= 11 is 0. The molecule has 0 aliphatic carbocycles. The van der Waals surface area contributed by atoms with Crippen LogP contribution in [0.4, 0.5) is 20.6 Å². The predicted molar refractivity (Wildman–Crippen MR) is 106 cm³/mol. The van der Waals surface area contributed by atoms with Gasteiger partial charge in [-0.3, -0.25) is 9.69 Å². The number of benzene rings is 2. The summed E-state index contributed by atoms with van der Waals surface area (Å²) in [5.41, 5.74) is 1.02. The van der Waals surface area contributed by atoms with Gasteiger partial charge >= 0.3 is 6.03 Å². The number of carbonyl (C=O) groups excluding carboxylic acids is 2. The maximum absolute atomic E-state index is 13.4. The van der Waals surface area contributed by atoms with E-state index in [0.717, 1.165) is 12.1 Å². The topological polar surface area (TPSA) is 55.9 Å². The summed E-state index contributed by atoms with van der Waals surface area (Å²) < 4.78 is 13.4. The first-order valence-corrected chi connectivity index (χ1v) is 9.35. The van der Waals surface area contributed by atoms with Crippen molar-refractivity contribution in [3.8, 4) is 0 Å². The molecule has 1 atom stereocenters. The standard InChI is InChI=1S/C21H23FN4O2/c1-24-13-19(27)26(18-8-3-2-4-9-18)15-21(24)10-11-25(14-21)20(28)23-17-7-5-6-16(22)12-17/h2-9,12H,10-11,13-15H2,1H3,(H,23,28). The van der Waals surface area contributed by atoms with Crippen molar-refractivity contribution in [3.63, 3.8) is 0 Å². The van der Waals surface area contributed by atoms with Crippen LogP contribution < -0.4 is 10.2 Å². The molecule has 2 aliphatic rings. The molecule has 146 valence electrons. The molecular weight excluding hydrogens is 359 g/mol. The van der Waals surface area contributed by atoms with Crippen molar-refractivity contribution in [2.45, 2.75) is 12.0 Å².